The molecule has 0 radical (unpaired) electrons. The number of nitrogens with zero attached hydrogens (tertiary/aromatic N) is 3. The Kier molecular flexibility index (Phi) is 5.87. The van der Waals surface area contributed by atoms with Gasteiger partial charge in [0.15, 0.2) is 5.03 Å². The highest BCUT2D eigenvalue weighted by atomic mass is 32.2. The van der Waals surface area contributed by atoms with Crippen molar-refractivity contribution in [1.82, 2.24) is 9.97 Å². The number of hydrogen-bond donors (Lipinski definition) is 2. The molecule has 1 aliphatic heterocycles. The second-order valence-electron chi connectivity index (χ2n) is 9.59. The maximum absolute atomic E-state index is 13.6. The van der Waals surface area contributed by atoms with Crippen LogP contribution >= 0.6 is 0 Å². The van der Waals surface area contributed by atoms with E-state index in [0.717, 1.165) is 32.1 Å². The van der Waals surface area contributed by atoms with Crippen LogP contribution in [0.15, 0.2) is 40.4 Å². The molecule has 3 heterocycles. The molecule has 1 saturated heterocycles. The number of anilines is 2. The van der Waals surface area contributed by atoms with Crippen LogP contribution < -0.4 is 16.0 Å². The number of nitrogens with one attached hydrogen (secondary N) is 1. The Labute approximate surface area is 189 Å². The summed E-state index contributed by atoms with van der Waals surface area (Å²) in [7, 11) is -4.09. The Balaban J connectivity index is 1.77. The standard InChI is InChI=1S/C23H31N5O3S/c1-15-13-23(2,3)28(14-15)22-20(21(24)29)17(11-12-25-22)32(30,31)19-10-6-9-18(27-19)26-16-7-4-5-8-16/h6,9-12,15-16H,4-5,7-8,13-14H2,1-3H3,(H2,24,29)(H,26,27). The number of amides is 1. The van der Waals surface area contributed by atoms with E-state index < -0.39 is 15.7 Å². The van der Waals surface area contributed by atoms with Gasteiger partial charge in [-0.3, -0.25) is 4.79 Å². The Hall–Kier alpha value is -2.68. The van der Waals surface area contributed by atoms with Crippen molar-refractivity contribution in [1.29, 1.82) is 0 Å². The Morgan fingerprint density at radius 2 is 1.94 bits per heavy atom. The number of pyridine rings is 2. The molecular formula is C23H31N5O3S. The molecule has 8 nitrogen and oxygen atoms in total. The highest BCUT2D eigenvalue weighted by Crippen LogP contribution is 2.39. The van der Waals surface area contributed by atoms with E-state index in [1.165, 1.54) is 18.3 Å². The Bertz CT molecular complexity index is 1130. The summed E-state index contributed by atoms with van der Waals surface area (Å²) in [5.74, 6) is 0.394. The molecule has 1 saturated carbocycles. The first kappa shape index (κ1) is 22.5. The molecule has 1 atom stereocenters. The topological polar surface area (TPSA) is 118 Å². The molecule has 0 bridgehead atoms. The van der Waals surface area contributed by atoms with Crippen LogP contribution in [0.3, 0.4) is 0 Å². The van der Waals surface area contributed by atoms with Crippen LogP contribution in [-0.4, -0.2) is 42.4 Å². The van der Waals surface area contributed by atoms with Crippen LogP contribution in [0, 0.1) is 5.92 Å². The average molecular weight is 458 g/mol. The number of nitrogens with two attached hydrogens (primary N) is 1. The van der Waals surface area contributed by atoms with E-state index in [4.69, 9.17) is 5.73 Å². The van der Waals surface area contributed by atoms with Gasteiger partial charge in [0.2, 0.25) is 9.84 Å². The van der Waals surface area contributed by atoms with Crippen molar-refractivity contribution in [3.63, 3.8) is 0 Å². The maximum atomic E-state index is 13.6. The van der Waals surface area contributed by atoms with Crippen molar-refractivity contribution < 1.29 is 13.2 Å². The van der Waals surface area contributed by atoms with Gasteiger partial charge >= 0.3 is 0 Å². The summed E-state index contributed by atoms with van der Waals surface area (Å²) in [5, 5.41) is 3.21. The van der Waals surface area contributed by atoms with Gasteiger partial charge in [-0.05, 0) is 57.2 Å². The minimum Gasteiger partial charge on any atom is -0.367 e. The summed E-state index contributed by atoms with van der Waals surface area (Å²) >= 11 is 0. The summed E-state index contributed by atoms with van der Waals surface area (Å²) in [4.78, 5) is 23.1. The summed E-state index contributed by atoms with van der Waals surface area (Å²) in [6.45, 7) is 6.91. The smallest absolute Gasteiger partial charge is 0.253 e. The Morgan fingerprint density at radius 1 is 1.22 bits per heavy atom. The highest BCUT2D eigenvalue weighted by Gasteiger charge is 2.40. The summed E-state index contributed by atoms with van der Waals surface area (Å²) in [6.07, 6.45) is 6.73. The van der Waals surface area contributed by atoms with Gasteiger partial charge in [0.25, 0.3) is 5.91 Å². The molecule has 2 aromatic rings. The second-order valence-corrected chi connectivity index (χ2v) is 11.5. The van der Waals surface area contributed by atoms with Crippen LogP contribution in [0.25, 0.3) is 0 Å². The molecule has 0 spiro atoms. The third-order valence-corrected chi connectivity index (χ3v) is 8.16. The zero-order valence-corrected chi connectivity index (χ0v) is 19.7. The fourth-order valence-corrected chi connectivity index (χ4v) is 6.49. The van der Waals surface area contributed by atoms with Crippen LogP contribution in [0.5, 0.6) is 0 Å². The van der Waals surface area contributed by atoms with Crippen LogP contribution in [0.2, 0.25) is 0 Å². The minimum absolute atomic E-state index is 0.0781. The largest absolute Gasteiger partial charge is 0.367 e. The number of aromatic nitrogens is 2. The van der Waals surface area contributed by atoms with Gasteiger partial charge in [-0.15, -0.1) is 0 Å². The molecule has 172 valence electrons. The van der Waals surface area contributed by atoms with Crippen molar-refractivity contribution in [3.05, 3.63) is 36.0 Å². The van der Waals surface area contributed by atoms with Crippen molar-refractivity contribution >= 4 is 27.4 Å². The molecule has 2 aromatic heterocycles. The first-order valence-corrected chi connectivity index (χ1v) is 12.6. The van der Waals surface area contributed by atoms with Crippen molar-refractivity contribution in [3.8, 4) is 0 Å². The van der Waals surface area contributed by atoms with Crippen LogP contribution in [-0.2, 0) is 9.84 Å². The lowest BCUT2D eigenvalue weighted by Crippen LogP contribution is -2.40. The lowest BCUT2D eigenvalue weighted by molar-refractivity contribution is 0.0997. The molecule has 9 heteroatoms. The number of rotatable bonds is 6. The highest BCUT2D eigenvalue weighted by molar-refractivity contribution is 7.91. The Morgan fingerprint density at radius 3 is 2.56 bits per heavy atom. The normalized spacial score (nSPS) is 21.1. The predicted molar refractivity (Wildman–Crippen MR) is 124 cm³/mol. The number of primary amides is 1. The zero-order chi connectivity index (χ0) is 23.1. The summed E-state index contributed by atoms with van der Waals surface area (Å²) < 4.78 is 27.2. The molecule has 1 aliphatic carbocycles. The van der Waals surface area contributed by atoms with Crippen molar-refractivity contribution in [2.45, 2.75) is 74.4 Å². The maximum Gasteiger partial charge on any atom is 0.253 e. The van der Waals surface area contributed by atoms with E-state index in [1.807, 2.05) is 4.90 Å². The lowest BCUT2D eigenvalue weighted by Gasteiger charge is -2.33. The van der Waals surface area contributed by atoms with E-state index in [9.17, 15) is 13.2 Å². The molecule has 0 aromatic carbocycles. The molecule has 2 aliphatic rings. The quantitative estimate of drug-likeness (QED) is 0.682. The second kappa shape index (κ2) is 8.35. The fraction of sp³-hybridized carbons (Fsp3) is 0.522. The first-order valence-electron chi connectivity index (χ1n) is 11.1. The first-order chi connectivity index (χ1) is 15.1. The minimum atomic E-state index is -4.09. The molecule has 4 rings (SSSR count). The fourth-order valence-electron chi connectivity index (χ4n) is 5.09. The van der Waals surface area contributed by atoms with Gasteiger partial charge in [0, 0.05) is 24.3 Å². The molecule has 1 amide bonds. The van der Waals surface area contributed by atoms with Crippen LogP contribution in [0.1, 0.15) is 63.2 Å². The number of sulfone groups is 1. The van der Waals surface area contributed by atoms with Gasteiger partial charge in [-0.1, -0.05) is 25.8 Å². The monoisotopic (exact) mass is 457 g/mol. The third kappa shape index (κ3) is 4.18. The van der Waals surface area contributed by atoms with Gasteiger partial charge in [0.1, 0.15) is 17.2 Å². The molecule has 2 fully saturated rings. The number of carbonyl (C=O) groups is 1. The summed E-state index contributed by atoms with van der Waals surface area (Å²) in [6, 6.07) is 6.51. The third-order valence-electron chi connectivity index (χ3n) is 6.46. The van der Waals surface area contributed by atoms with Gasteiger partial charge in [-0.2, -0.15) is 0 Å². The number of hydrogen-bond acceptors (Lipinski definition) is 7. The average Bonchev–Trinajstić information content (AvgIpc) is 3.33. The van der Waals surface area contributed by atoms with E-state index >= 15 is 0 Å². The molecular weight excluding hydrogens is 426 g/mol. The van der Waals surface area contributed by atoms with Crippen molar-refractivity contribution in [2.75, 3.05) is 16.8 Å². The van der Waals surface area contributed by atoms with Gasteiger partial charge < -0.3 is 16.0 Å². The molecule has 32 heavy (non-hydrogen) atoms. The van der Waals surface area contributed by atoms with E-state index in [0.29, 0.717) is 30.1 Å². The lowest BCUT2D eigenvalue weighted by atomic mass is 9.97. The van der Waals surface area contributed by atoms with Crippen LogP contribution in [0.4, 0.5) is 11.6 Å². The molecule has 3 N–H and O–H groups in total. The molecule has 1 unspecified atom stereocenters. The van der Waals surface area contributed by atoms with Gasteiger partial charge in [-0.25, -0.2) is 18.4 Å². The SMILES string of the molecule is CC1CN(c2nccc(S(=O)(=O)c3cccc(NC4CCCC4)n3)c2C(N)=O)C(C)(C)C1. The summed E-state index contributed by atoms with van der Waals surface area (Å²) in [5.41, 5.74) is 5.36. The van der Waals surface area contributed by atoms with Crippen molar-refractivity contribution in [2.24, 2.45) is 11.7 Å². The predicted octanol–water partition coefficient (Wildman–Crippen LogP) is 3.39. The van der Waals surface area contributed by atoms with Gasteiger partial charge in [0.05, 0.1) is 4.90 Å². The van der Waals surface area contributed by atoms with E-state index in [1.54, 1.807) is 12.1 Å². The number of carbonyl (C=O) groups excluding carboxylic acids is 1. The van der Waals surface area contributed by atoms with E-state index in [2.05, 4.69) is 36.1 Å². The zero-order valence-electron chi connectivity index (χ0n) is 18.8. The van der Waals surface area contributed by atoms with E-state index in [-0.39, 0.29) is 21.0 Å².